The zero-order valence-corrected chi connectivity index (χ0v) is 6.77. The summed E-state index contributed by atoms with van der Waals surface area (Å²) in [5.41, 5.74) is 2.92. The maximum Gasteiger partial charge on any atom is 0.250 e. The smallest absolute Gasteiger partial charge is 0.250 e. The highest BCUT2D eigenvalue weighted by Crippen LogP contribution is 2.06. The highest BCUT2D eigenvalue weighted by molar-refractivity contribution is 7.77. The fourth-order valence-electron chi connectivity index (χ4n) is 0.636. The molecule has 0 amide bonds. The van der Waals surface area contributed by atoms with Crippen molar-refractivity contribution < 1.29 is 13.2 Å². The molecule has 0 fully saturated rings. The van der Waals surface area contributed by atoms with E-state index >= 15 is 0 Å². The van der Waals surface area contributed by atoms with Gasteiger partial charge < -0.3 is 5.43 Å². The molecule has 4 nitrogen and oxygen atoms in total. The highest BCUT2D eigenvalue weighted by Gasteiger charge is 1.93. The Labute approximate surface area is 71.2 Å². The molecule has 1 aromatic carbocycles. The first-order valence-corrected chi connectivity index (χ1v) is 4.17. The minimum atomic E-state index is -2.13. The Kier molecular flexibility index (Phi) is 3.15. The summed E-state index contributed by atoms with van der Waals surface area (Å²) in [5, 5.41) is 0. The van der Waals surface area contributed by atoms with Gasteiger partial charge in [-0.3, -0.25) is 4.55 Å². The molecule has 0 heterocycles. The van der Waals surface area contributed by atoms with Crippen molar-refractivity contribution in [1.82, 2.24) is 4.83 Å². The lowest BCUT2D eigenvalue weighted by Gasteiger charge is -2.02. The van der Waals surface area contributed by atoms with Crippen molar-refractivity contribution in [3.05, 3.63) is 30.1 Å². The highest BCUT2D eigenvalue weighted by atomic mass is 32.2. The number of halogens is 1. The van der Waals surface area contributed by atoms with Crippen LogP contribution in [0.2, 0.25) is 0 Å². The molecule has 0 aliphatic carbocycles. The van der Waals surface area contributed by atoms with Gasteiger partial charge in [-0.15, -0.1) is 4.83 Å². The monoisotopic (exact) mass is 190 g/mol. The van der Waals surface area contributed by atoms with E-state index in [1.807, 2.05) is 4.83 Å². The summed E-state index contributed by atoms with van der Waals surface area (Å²) >= 11 is -2.13. The van der Waals surface area contributed by atoms with Gasteiger partial charge in [0.15, 0.2) is 0 Å². The molecule has 0 bridgehead atoms. The zero-order chi connectivity index (χ0) is 8.97. The van der Waals surface area contributed by atoms with Crippen molar-refractivity contribution in [3.8, 4) is 0 Å². The van der Waals surface area contributed by atoms with E-state index in [-0.39, 0.29) is 5.82 Å². The third kappa shape index (κ3) is 2.95. The van der Waals surface area contributed by atoms with E-state index in [0.29, 0.717) is 5.69 Å². The molecule has 1 atom stereocenters. The maximum atomic E-state index is 12.3. The average Bonchev–Trinajstić information content (AvgIpc) is 2.03. The Morgan fingerprint density at radius 2 is 1.92 bits per heavy atom. The van der Waals surface area contributed by atoms with Crippen molar-refractivity contribution in [1.29, 1.82) is 0 Å². The molecular weight excluding hydrogens is 183 g/mol. The van der Waals surface area contributed by atoms with Gasteiger partial charge in [-0.25, -0.2) is 8.60 Å². The van der Waals surface area contributed by atoms with Crippen LogP contribution in [0.3, 0.4) is 0 Å². The lowest BCUT2D eigenvalue weighted by Crippen LogP contribution is -2.23. The summed E-state index contributed by atoms with van der Waals surface area (Å²) in [7, 11) is 0. The van der Waals surface area contributed by atoms with Crippen molar-refractivity contribution in [2.24, 2.45) is 0 Å². The molecular formula is C6H7FN2O2S. The number of rotatable bonds is 3. The standard InChI is InChI=1S/C6H7FN2O2S/c7-5-1-3-6(4-2-5)8-9-12(10)11/h1-4,8-9H,(H,10,11). The summed E-state index contributed by atoms with van der Waals surface area (Å²) < 4.78 is 30.7. The Morgan fingerprint density at radius 1 is 1.33 bits per heavy atom. The number of benzene rings is 1. The molecule has 0 aliphatic heterocycles. The summed E-state index contributed by atoms with van der Waals surface area (Å²) in [5.74, 6) is -0.356. The minimum absolute atomic E-state index is 0.356. The van der Waals surface area contributed by atoms with Crippen molar-refractivity contribution in [3.63, 3.8) is 0 Å². The lowest BCUT2D eigenvalue weighted by molar-refractivity contribution is 0.555. The van der Waals surface area contributed by atoms with Gasteiger partial charge in [-0.05, 0) is 24.3 Å². The Bertz CT molecular complexity index is 277. The topological polar surface area (TPSA) is 61.4 Å². The summed E-state index contributed by atoms with van der Waals surface area (Å²) in [6, 6.07) is 5.36. The van der Waals surface area contributed by atoms with E-state index < -0.39 is 11.3 Å². The van der Waals surface area contributed by atoms with E-state index in [0.717, 1.165) is 0 Å². The Morgan fingerprint density at radius 3 is 2.42 bits per heavy atom. The normalized spacial score (nSPS) is 12.5. The van der Waals surface area contributed by atoms with Gasteiger partial charge in [-0.2, -0.15) is 0 Å². The van der Waals surface area contributed by atoms with Gasteiger partial charge in [0.1, 0.15) is 5.82 Å². The minimum Gasteiger partial charge on any atom is -0.308 e. The number of hydrogen-bond acceptors (Lipinski definition) is 2. The van der Waals surface area contributed by atoms with Crippen LogP contribution in [0.5, 0.6) is 0 Å². The molecule has 1 rings (SSSR count). The van der Waals surface area contributed by atoms with Crippen LogP contribution in [0.15, 0.2) is 24.3 Å². The number of anilines is 1. The molecule has 0 aliphatic rings. The third-order valence-corrected chi connectivity index (χ3v) is 1.40. The average molecular weight is 190 g/mol. The van der Waals surface area contributed by atoms with Crippen LogP contribution in [0, 0.1) is 5.82 Å². The summed E-state index contributed by atoms with van der Waals surface area (Å²) in [4.78, 5) is 2.04. The zero-order valence-electron chi connectivity index (χ0n) is 5.95. The van der Waals surface area contributed by atoms with Crippen LogP contribution >= 0.6 is 0 Å². The van der Waals surface area contributed by atoms with Crippen LogP contribution in [-0.4, -0.2) is 8.76 Å². The van der Waals surface area contributed by atoms with E-state index in [4.69, 9.17) is 4.55 Å². The lowest BCUT2D eigenvalue weighted by atomic mass is 10.3. The molecule has 0 radical (unpaired) electrons. The number of nitrogens with one attached hydrogen (secondary N) is 2. The first kappa shape index (κ1) is 9.11. The van der Waals surface area contributed by atoms with Crippen LogP contribution in [0.4, 0.5) is 10.1 Å². The molecule has 0 spiro atoms. The third-order valence-electron chi connectivity index (χ3n) is 1.13. The second-order valence-electron chi connectivity index (χ2n) is 1.98. The largest absolute Gasteiger partial charge is 0.308 e. The van der Waals surface area contributed by atoms with E-state index in [2.05, 4.69) is 5.43 Å². The van der Waals surface area contributed by atoms with E-state index in [1.165, 1.54) is 24.3 Å². The first-order chi connectivity index (χ1) is 5.68. The van der Waals surface area contributed by atoms with E-state index in [1.54, 1.807) is 0 Å². The van der Waals surface area contributed by atoms with Gasteiger partial charge in [0.05, 0.1) is 0 Å². The molecule has 12 heavy (non-hydrogen) atoms. The Hall–Kier alpha value is -0.980. The predicted octanol–water partition coefficient (Wildman–Crippen LogP) is 0.879. The van der Waals surface area contributed by atoms with Gasteiger partial charge in [0.25, 0.3) is 0 Å². The molecule has 0 saturated carbocycles. The maximum absolute atomic E-state index is 12.3. The fourth-order valence-corrected chi connectivity index (χ4v) is 0.841. The SMILES string of the molecule is O=S(O)NNc1ccc(F)cc1. The molecule has 1 aromatic rings. The second-order valence-corrected chi connectivity index (χ2v) is 2.69. The fraction of sp³-hybridized carbons (Fsp3) is 0. The van der Waals surface area contributed by atoms with Crippen molar-refractivity contribution >= 4 is 17.0 Å². The molecule has 3 N–H and O–H groups in total. The van der Waals surface area contributed by atoms with Gasteiger partial charge in [-0.1, -0.05) is 0 Å². The van der Waals surface area contributed by atoms with Crippen LogP contribution < -0.4 is 10.3 Å². The van der Waals surface area contributed by atoms with Gasteiger partial charge in [0.2, 0.25) is 11.3 Å². The summed E-state index contributed by atoms with van der Waals surface area (Å²) in [6.45, 7) is 0. The molecule has 6 heteroatoms. The number of hydrazine groups is 1. The summed E-state index contributed by atoms with van der Waals surface area (Å²) in [6.07, 6.45) is 0. The van der Waals surface area contributed by atoms with Crippen molar-refractivity contribution in [2.45, 2.75) is 0 Å². The van der Waals surface area contributed by atoms with Crippen LogP contribution in [-0.2, 0) is 11.3 Å². The van der Waals surface area contributed by atoms with Crippen molar-refractivity contribution in [2.75, 3.05) is 5.43 Å². The quantitative estimate of drug-likeness (QED) is 0.489. The molecule has 0 saturated heterocycles. The van der Waals surface area contributed by atoms with Gasteiger partial charge in [0, 0.05) is 5.69 Å². The molecule has 1 unspecified atom stereocenters. The van der Waals surface area contributed by atoms with Gasteiger partial charge >= 0.3 is 0 Å². The number of hydrogen-bond donors (Lipinski definition) is 3. The first-order valence-electron chi connectivity index (χ1n) is 3.06. The van der Waals surface area contributed by atoms with Crippen LogP contribution in [0.1, 0.15) is 0 Å². The van der Waals surface area contributed by atoms with E-state index in [9.17, 15) is 8.60 Å². The molecule has 66 valence electrons. The van der Waals surface area contributed by atoms with Crippen LogP contribution in [0.25, 0.3) is 0 Å². The Balaban J connectivity index is 2.53. The second kappa shape index (κ2) is 4.15. The predicted molar refractivity (Wildman–Crippen MR) is 43.9 cm³/mol. The molecule has 0 aromatic heterocycles.